The van der Waals surface area contributed by atoms with Gasteiger partial charge in [-0.15, -0.1) is 21.5 Å². The molecule has 0 bridgehead atoms. The fraction of sp³-hybridized carbons (Fsp3) is 0.500. The molecule has 0 aliphatic carbocycles. The van der Waals surface area contributed by atoms with Crippen LogP contribution >= 0.6 is 11.3 Å². The third kappa shape index (κ3) is 2.45. The van der Waals surface area contributed by atoms with Crippen molar-refractivity contribution in [3.05, 3.63) is 23.4 Å². The van der Waals surface area contributed by atoms with Crippen molar-refractivity contribution in [3.8, 4) is 10.8 Å². The molecule has 1 unspecified atom stereocenters. The molecule has 0 aromatic carbocycles. The quantitative estimate of drug-likeness (QED) is 0.916. The lowest BCUT2D eigenvalue weighted by Crippen LogP contribution is -2.29. The van der Waals surface area contributed by atoms with Crippen molar-refractivity contribution in [2.45, 2.75) is 25.5 Å². The van der Waals surface area contributed by atoms with Gasteiger partial charge in [-0.2, -0.15) is 0 Å². The van der Waals surface area contributed by atoms with Crippen molar-refractivity contribution < 1.29 is 9.52 Å². The molecular weight excluding hydrogens is 250 g/mol. The zero-order valence-electron chi connectivity index (χ0n) is 10.2. The molecule has 2 aromatic heterocycles. The molecule has 1 saturated heterocycles. The van der Waals surface area contributed by atoms with Crippen LogP contribution in [0.5, 0.6) is 0 Å². The lowest BCUT2D eigenvalue weighted by atomic mass is 10.1. The van der Waals surface area contributed by atoms with Crippen LogP contribution in [-0.2, 0) is 6.54 Å². The van der Waals surface area contributed by atoms with Crippen LogP contribution in [0.15, 0.2) is 21.9 Å². The lowest BCUT2D eigenvalue weighted by molar-refractivity contribution is 0.0668. The Balaban J connectivity index is 1.68. The number of β-amino-alcohol motifs (C(OH)–C–C–N with tert-alkyl or cyclic N) is 1. The monoisotopic (exact) mass is 265 g/mol. The smallest absolute Gasteiger partial charge is 0.257 e. The molecule has 6 heteroatoms. The van der Waals surface area contributed by atoms with Gasteiger partial charge in [0.15, 0.2) is 0 Å². The summed E-state index contributed by atoms with van der Waals surface area (Å²) in [6.07, 6.45) is 0.791. The first-order valence-electron chi connectivity index (χ1n) is 5.93. The predicted octanol–water partition coefficient (Wildman–Crippen LogP) is 1.75. The summed E-state index contributed by atoms with van der Waals surface area (Å²) in [6.45, 7) is 3.99. The summed E-state index contributed by atoms with van der Waals surface area (Å²) < 4.78 is 5.62. The Bertz CT molecular complexity index is 521. The minimum Gasteiger partial charge on any atom is -0.419 e. The summed E-state index contributed by atoms with van der Waals surface area (Å²) in [5, 5.41) is 20.0. The Labute approximate surface area is 109 Å². The first-order valence-corrected chi connectivity index (χ1v) is 6.81. The number of aliphatic hydroxyl groups is 1. The molecule has 2 aromatic rings. The summed E-state index contributed by atoms with van der Waals surface area (Å²) in [5.74, 6) is 1.18. The van der Waals surface area contributed by atoms with E-state index in [4.69, 9.17) is 4.42 Å². The summed E-state index contributed by atoms with van der Waals surface area (Å²) >= 11 is 1.58. The van der Waals surface area contributed by atoms with E-state index in [0.717, 1.165) is 17.8 Å². The van der Waals surface area contributed by atoms with Crippen LogP contribution in [0.3, 0.4) is 0 Å². The molecule has 1 aliphatic rings. The standard InChI is InChI=1S/C12H15N3O2S/c1-12(16)4-5-15(8-12)7-10-13-14-11(17-10)9-3-2-6-18-9/h2-3,6,16H,4-5,7-8H2,1H3. The molecule has 1 aliphatic heterocycles. The van der Waals surface area contributed by atoms with Gasteiger partial charge in [-0.1, -0.05) is 6.07 Å². The van der Waals surface area contributed by atoms with E-state index in [1.54, 1.807) is 11.3 Å². The third-order valence-corrected chi connectivity index (χ3v) is 3.95. The maximum absolute atomic E-state index is 9.89. The fourth-order valence-electron chi connectivity index (χ4n) is 2.18. The maximum atomic E-state index is 9.89. The highest BCUT2D eigenvalue weighted by Crippen LogP contribution is 2.25. The summed E-state index contributed by atoms with van der Waals surface area (Å²) in [4.78, 5) is 3.12. The van der Waals surface area contributed by atoms with Gasteiger partial charge in [0.2, 0.25) is 5.89 Å². The summed E-state index contributed by atoms with van der Waals surface area (Å²) in [7, 11) is 0. The van der Waals surface area contributed by atoms with E-state index in [0.29, 0.717) is 24.9 Å². The van der Waals surface area contributed by atoms with Gasteiger partial charge < -0.3 is 9.52 Å². The third-order valence-electron chi connectivity index (χ3n) is 3.09. The van der Waals surface area contributed by atoms with E-state index in [1.807, 2.05) is 24.4 Å². The Kier molecular flexibility index (Phi) is 2.93. The number of aromatic nitrogens is 2. The van der Waals surface area contributed by atoms with Crippen LogP contribution in [-0.4, -0.2) is 38.9 Å². The number of rotatable bonds is 3. The maximum Gasteiger partial charge on any atom is 0.257 e. The second-order valence-electron chi connectivity index (χ2n) is 4.94. The second kappa shape index (κ2) is 4.46. The Morgan fingerprint density at radius 1 is 1.56 bits per heavy atom. The topological polar surface area (TPSA) is 62.4 Å². The van der Waals surface area contributed by atoms with Gasteiger partial charge >= 0.3 is 0 Å². The zero-order chi connectivity index (χ0) is 12.6. The summed E-state index contributed by atoms with van der Waals surface area (Å²) in [6, 6.07) is 3.92. The highest BCUT2D eigenvalue weighted by atomic mass is 32.1. The number of nitrogens with zero attached hydrogens (tertiary/aromatic N) is 3. The first-order chi connectivity index (χ1) is 8.62. The van der Waals surface area contributed by atoms with Crippen LogP contribution in [0.4, 0.5) is 0 Å². The van der Waals surface area contributed by atoms with E-state index < -0.39 is 5.60 Å². The van der Waals surface area contributed by atoms with Crippen molar-refractivity contribution in [2.75, 3.05) is 13.1 Å². The van der Waals surface area contributed by atoms with Crippen molar-refractivity contribution >= 4 is 11.3 Å². The average Bonchev–Trinajstić information content (AvgIpc) is 2.99. The zero-order valence-corrected chi connectivity index (χ0v) is 11.0. The molecule has 5 nitrogen and oxygen atoms in total. The molecule has 3 rings (SSSR count). The van der Waals surface area contributed by atoms with Crippen molar-refractivity contribution in [1.82, 2.24) is 15.1 Å². The van der Waals surface area contributed by atoms with Gasteiger partial charge in [0.25, 0.3) is 5.89 Å². The molecule has 1 N–H and O–H groups in total. The number of hydrogen-bond donors (Lipinski definition) is 1. The first kappa shape index (κ1) is 11.8. The average molecular weight is 265 g/mol. The van der Waals surface area contributed by atoms with Crippen molar-refractivity contribution in [3.63, 3.8) is 0 Å². The fourth-order valence-corrected chi connectivity index (χ4v) is 2.83. The van der Waals surface area contributed by atoms with Gasteiger partial charge in [-0.3, -0.25) is 4.90 Å². The molecular formula is C12H15N3O2S. The van der Waals surface area contributed by atoms with Crippen LogP contribution in [0.2, 0.25) is 0 Å². The minimum absolute atomic E-state index is 0.575. The molecule has 18 heavy (non-hydrogen) atoms. The second-order valence-corrected chi connectivity index (χ2v) is 5.88. The normalized spacial score (nSPS) is 24.8. The highest BCUT2D eigenvalue weighted by molar-refractivity contribution is 7.13. The molecule has 0 spiro atoms. The molecule has 96 valence electrons. The van der Waals surface area contributed by atoms with E-state index in [9.17, 15) is 5.11 Å². The number of hydrogen-bond acceptors (Lipinski definition) is 6. The van der Waals surface area contributed by atoms with Crippen LogP contribution in [0, 0.1) is 0 Å². The van der Waals surface area contributed by atoms with Crippen LogP contribution < -0.4 is 0 Å². The van der Waals surface area contributed by atoms with E-state index >= 15 is 0 Å². The Hall–Kier alpha value is -1.24. The Morgan fingerprint density at radius 2 is 2.44 bits per heavy atom. The van der Waals surface area contributed by atoms with Crippen LogP contribution in [0.1, 0.15) is 19.2 Å². The SMILES string of the molecule is CC1(O)CCN(Cc2nnc(-c3cccs3)o2)C1. The molecule has 0 radical (unpaired) electrons. The molecule has 1 atom stereocenters. The van der Waals surface area contributed by atoms with Crippen molar-refractivity contribution in [1.29, 1.82) is 0 Å². The van der Waals surface area contributed by atoms with Gasteiger partial charge in [0, 0.05) is 13.1 Å². The molecule has 3 heterocycles. The summed E-state index contributed by atoms with van der Waals surface area (Å²) in [5.41, 5.74) is -0.587. The van der Waals surface area contributed by atoms with Crippen molar-refractivity contribution in [2.24, 2.45) is 0 Å². The van der Waals surface area contributed by atoms with Gasteiger partial charge in [0.05, 0.1) is 17.0 Å². The van der Waals surface area contributed by atoms with E-state index in [1.165, 1.54) is 0 Å². The predicted molar refractivity (Wildman–Crippen MR) is 68.1 cm³/mol. The van der Waals surface area contributed by atoms with Gasteiger partial charge in [-0.25, -0.2) is 0 Å². The van der Waals surface area contributed by atoms with E-state index in [2.05, 4.69) is 15.1 Å². The number of likely N-dealkylation sites (tertiary alicyclic amines) is 1. The Morgan fingerprint density at radius 3 is 3.11 bits per heavy atom. The number of thiophene rings is 1. The lowest BCUT2D eigenvalue weighted by Gasteiger charge is -2.16. The molecule has 0 saturated carbocycles. The molecule has 0 amide bonds. The highest BCUT2D eigenvalue weighted by Gasteiger charge is 2.31. The van der Waals surface area contributed by atoms with Gasteiger partial charge in [0.1, 0.15) is 0 Å². The molecule has 1 fully saturated rings. The van der Waals surface area contributed by atoms with Crippen LogP contribution in [0.25, 0.3) is 10.8 Å². The van der Waals surface area contributed by atoms with Gasteiger partial charge in [-0.05, 0) is 24.8 Å². The largest absolute Gasteiger partial charge is 0.419 e. The minimum atomic E-state index is -0.587. The van der Waals surface area contributed by atoms with E-state index in [-0.39, 0.29) is 0 Å².